The summed E-state index contributed by atoms with van der Waals surface area (Å²) < 4.78 is 0. The molecule has 2 aliphatic heterocycles. The van der Waals surface area contributed by atoms with Crippen LogP contribution in [0.5, 0.6) is 0 Å². The number of nitrogens with one attached hydrogen (secondary N) is 2. The Bertz CT molecular complexity index is 1490. The van der Waals surface area contributed by atoms with Crippen molar-refractivity contribution in [3.8, 4) is 6.07 Å². The molecule has 1 fully saturated rings. The van der Waals surface area contributed by atoms with Crippen LogP contribution < -0.4 is 5.32 Å². The van der Waals surface area contributed by atoms with E-state index in [1.165, 1.54) is 9.80 Å². The van der Waals surface area contributed by atoms with Gasteiger partial charge in [-0.1, -0.05) is 51.1 Å². The number of fused-ring (bicyclic) bond motifs is 3. The van der Waals surface area contributed by atoms with Crippen molar-refractivity contribution in [2.24, 2.45) is 5.41 Å². The number of hydrogen-bond acceptors (Lipinski definition) is 4. The summed E-state index contributed by atoms with van der Waals surface area (Å²) in [5.41, 5.74) is 2.60. The number of likely N-dealkylation sites (N-methyl/N-ethyl adjacent to an activating group) is 1. The number of nitriles is 1. The lowest BCUT2D eigenvalue weighted by Gasteiger charge is -2.35. The molecule has 0 radical (unpaired) electrons. The topological polar surface area (TPSA) is 109 Å². The van der Waals surface area contributed by atoms with Gasteiger partial charge < -0.3 is 20.1 Å². The van der Waals surface area contributed by atoms with E-state index in [1.54, 1.807) is 7.05 Å². The number of amides is 3. The van der Waals surface area contributed by atoms with Crippen molar-refractivity contribution in [2.75, 3.05) is 18.9 Å². The van der Waals surface area contributed by atoms with Gasteiger partial charge in [0.1, 0.15) is 17.8 Å². The predicted octanol–water partition coefficient (Wildman–Crippen LogP) is 4.37. The number of aromatic nitrogens is 1. The Labute approximate surface area is 222 Å². The minimum Gasteiger partial charge on any atom is -0.351 e. The number of benzene rings is 2. The van der Waals surface area contributed by atoms with Crippen LogP contribution in [0, 0.1) is 23.7 Å². The second kappa shape index (κ2) is 9.02. The zero-order valence-corrected chi connectivity index (χ0v) is 22.5. The zero-order valence-electron chi connectivity index (χ0n) is 22.5. The standard InChI is InChI=1S/C30H33N5O3/c1-18-9-8-12-22-20(18)13-24(32-22)26(36)34(5)25(15-29(2,3)4)27(37)35-17-30(14-19(35)16-31)21-10-6-7-11-23(21)33-28(30)38/h6-13,19,25,32H,14-15,17H2,1-5H3,(H,33,38)/t19-,25-,30-/m0/s1. The molecule has 3 amide bonds. The van der Waals surface area contributed by atoms with Gasteiger partial charge in [0.15, 0.2) is 0 Å². The lowest BCUT2D eigenvalue weighted by atomic mass is 9.80. The van der Waals surface area contributed by atoms with E-state index in [9.17, 15) is 19.6 Å². The van der Waals surface area contributed by atoms with Crippen LogP contribution >= 0.6 is 0 Å². The summed E-state index contributed by atoms with van der Waals surface area (Å²) in [7, 11) is 1.64. The van der Waals surface area contributed by atoms with Gasteiger partial charge in [0.05, 0.1) is 11.5 Å². The van der Waals surface area contributed by atoms with Crippen LogP contribution in [0.25, 0.3) is 10.9 Å². The van der Waals surface area contributed by atoms with E-state index in [0.29, 0.717) is 12.1 Å². The van der Waals surface area contributed by atoms with Gasteiger partial charge in [-0.15, -0.1) is 0 Å². The quantitative estimate of drug-likeness (QED) is 0.542. The van der Waals surface area contributed by atoms with Crippen LogP contribution in [0.3, 0.4) is 0 Å². The van der Waals surface area contributed by atoms with E-state index in [1.807, 2.05) is 76.2 Å². The number of anilines is 1. The molecule has 1 spiro atoms. The summed E-state index contributed by atoms with van der Waals surface area (Å²) >= 11 is 0. The first-order valence-electron chi connectivity index (χ1n) is 12.9. The lowest BCUT2D eigenvalue weighted by Crippen LogP contribution is -2.52. The fraction of sp³-hybridized carbons (Fsp3) is 0.400. The minimum absolute atomic E-state index is 0.0984. The number of aromatic amines is 1. The molecule has 0 bridgehead atoms. The van der Waals surface area contributed by atoms with Crippen molar-refractivity contribution in [2.45, 2.75) is 58.0 Å². The van der Waals surface area contributed by atoms with Crippen molar-refractivity contribution in [3.63, 3.8) is 0 Å². The number of aryl methyl sites for hydroxylation is 1. The van der Waals surface area contributed by atoms with E-state index < -0.39 is 17.5 Å². The Hall–Kier alpha value is -4.12. The van der Waals surface area contributed by atoms with Crippen LogP contribution in [-0.2, 0) is 15.0 Å². The summed E-state index contributed by atoms with van der Waals surface area (Å²) in [5.74, 6) is -0.808. The van der Waals surface area contributed by atoms with Crippen molar-refractivity contribution in [1.82, 2.24) is 14.8 Å². The molecule has 196 valence electrons. The Kier molecular flexibility index (Phi) is 6.06. The molecule has 8 nitrogen and oxygen atoms in total. The van der Waals surface area contributed by atoms with Crippen molar-refractivity contribution >= 4 is 34.3 Å². The number of rotatable bonds is 4. The van der Waals surface area contributed by atoms with Crippen LogP contribution in [-0.4, -0.2) is 58.2 Å². The second-order valence-corrected chi connectivity index (χ2v) is 11.8. The zero-order chi connectivity index (χ0) is 27.4. The maximum absolute atomic E-state index is 14.2. The fourth-order valence-corrected chi connectivity index (χ4v) is 5.90. The molecular formula is C30H33N5O3. The Morgan fingerprint density at radius 1 is 1.21 bits per heavy atom. The van der Waals surface area contributed by atoms with Gasteiger partial charge in [-0.25, -0.2) is 0 Å². The van der Waals surface area contributed by atoms with Crippen molar-refractivity contribution in [1.29, 1.82) is 5.26 Å². The fourth-order valence-electron chi connectivity index (χ4n) is 5.90. The van der Waals surface area contributed by atoms with Crippen LogP contribution in [0.2, 0.25) is 0 Å². The van der Waals surface area contributed by atoms with Crippen LogP contribution in [0.4, 0.5) is 5.69 Å². The molecule has 0 unspecified atom stereocenters. The van der Waals surface area contributed by atoms with E-state index in [0.717, 1.165) is 27.7 Å². The first-order chi connectivity index (χ1) is 17.9. The smallest absolute Gasteiger partial charge is 0.270 e. The van der Waals surface area contributed by atoms with E-state index in [2.05, 4.69) is 16.4 Å². The van der Waals surface area contributed by atoms with Gasteiger partial charge in [-0.3, -0.25) is 14.4 Å². The molecule has 2 aliphatic rings. The third-order valence-corrected chi connectivity index (χ3v) is 7.91. The maximum Gasteiger partial charge on any atom is 0.270 e. The average Bonchev–Trinajstić information content (AvgIpc) is 3.56. The SMILES string of the molecule is Cc1cccc2[nH]c(C(=O)N(C)[C@@H](CC(C)(C)C)C(=O)N3C[C@]4(C[C@H]3C#N)C(=O)Nc3ccccc34)cc12. The number of para-hydroxylation sites is 1. The third kappa shape index (κ3) is 4.12. The molecule has 0 saturated carbocycles. The highest BCUT2D eigenvalue weighted by atomic mass is 16.2. The molecule has 2 N–H and O–H groups in total. The Morgan fingerprint density at radius 3 is 2.63 bits per heavy atom. The molecule has 38 heavy (non-hydrogen) atoms. The normalized spacial score (nSPS) is 21.3. The maximum atomic E-state index is 14.2. The summed E-state index contributed by atoms with van der Waals surface area (Å²) in [6, 6.07) is 15.8. The number of likely N-dealkylation sites (tertiary alicyclic amines) is 1. The van der Waals surface area contributed by atoms with Gasteiger partial charge in [0.2, 0.25) is 11.8 Å². The molecule has 1 saturated heterocycles. The third-order valence-electron chi connectivity index (χ3n) is 7.91. The highest BCUT2D eigenvalue weighted by Gasteiger charge is 2.56. The second-order valence-electron chi connectivity index (χ2n) is 11.8. The molecule has 3 atom stereocenters. The summed E-state index contributed by atoms with van der Waals surface area (Å²) in [6.45, 7) is 8.15. The summed E-state index contributed by atoms with van der Waals surface area (Å²) in [5, 5.41) is 13.9. The minimum atomic E-state index is -0.976. The average molecular weight is 512 g/mol. The highest BCUT2D eigenvalue weighted by molar-refractivity contribution is 6.07. The molecule has 0 aliphatic carbocycles. The number of carbonyl (C=O) groups excluding carboxylic acids is 3. The summed E-state index contributed by atoms with van der Waals surface area (Å²) in [6.07, 6.45) is 0.622. The van der Waals surface area contributed by atoms with E-state index in [4.69, 9.17) is 0 Å². The van der Waals surface area contributed by atoms with Gasteiger partial charge >= 0.3 is 0 Å². The molecule has 1 aromatic heterocycles. The first-order valence-corrected chi connectivity index (χ1v) is 12.9. The first kappa shape index (κ1) is 25.5. The monoisotopic (exact) mass is 511 g/mol. The van der Waals surface area contributed by atoms with Crippen LogP contribution in [0.15, 0.2) is 48.5 Å². The molecule has 2 aromatic carbocycles. The Balaban J connectivity index is 1.48. The number of nitrogens with zero attached hydrogens (tertiary/aromatic N) is 3. The Morgan fingerprint density at radius 2 is 1.95 bits per heavy atom. The predicted molar refractivity (Wildman–Crippen MR) is 145 cm³/mol. The van der Waals surface area contributed by atoms with Gasteiger partial charge in [-0.2, -0.15) is 5.26 Å². The van der Waals surface area contributed by atoms with Crippen LogP contribution in [0.1, 0.15) is 55.2 Å². The van der Waals surface area contributed by atoms with Gasteiger partial charge in [0.25, 0.3) is 5.91 Å². The number of H-pyrrole nitrogens is 1. The largest absolute Gasteiger partial charge is 0.351 e. The number of hydrogen-bond donors (Lipinski definition) is 2. The van der Waals surface area contributed by atoms with Crippen molar-refractivity contribution in [3.05, 3.63) is 65.4 Å². The van der Waals surface area contributed by atoms with E-state index in [-0.39, 0.29) is 36.1 Å². The van der Waals surface area contributed by atoms with Crippen molar-refractivity contribution < 1.29 is 14.4 Å². The van der Waals surface area contributed by atoms with Gasteiger partial charge in [0, 0.05) is 36.6 Å². The molecular weight excluding hydrogens is 478 g/mol. The van der Waals surface area contributed by atoms with Gasteiger partial charge in [-0.05, 0) is 48.1 Å². The molecule has 3 heterocycles. The summed E-state index contributed by atoms with van der Waals surface area (Å²) in [4.78, 5) is 47.3. The lowest BCUT2D eigenvalue weighted by molar-refractivity contribution is -0.137. The molecule has 3 aromatic rings. The highest BCUT2D eigenvalue weighted by Crippen LogP contribution is 2.46. The number of carbonyl (C=O) groups is 3. The molecule has 8 heteroatoms. The van der Waals surface area contributed by atoms with E-state index >= 15 is 0 Å². The molecule has 5 rings (SSSR count).